The van der Waals surface area contributed by atoms with Crippen LogP contribution in [-0.2, 0) is 0 Å². The van der Waals surface area contributed by atoms with Gasteiger partial charge in [-0.3, -0.25) is 3.53 Å². The predicted molar refractivity (Wildman–Crippen MR) is 64.0 cm³/mol. The first-order valence-electron chi connectivity index (χ1n) is 4.13. The van der Waals surface area contributed by atoms with E-state index in [1.165, 1.54) is 0 Å². The number of anilines is 2. The van der Waals surface area contributed by atoms with Gasteiger partial charge in [0.05, 0.1) is 41.7 Å². The van der Waals surface area contributed by atoms with Crippen LogP contribution in [0.5, 0.6) is 5.88 Å². The van der Waals surface area contributed by atoms with Crippen molar-refractivity contribution in [1.82, 2.24) is 9.97 Å². The number of hydrogen-bond acceptors (Lipinski definition) is 7. The quantitative estimate of drug-likeness (QED) is 0.465. The van der Waals surface area contributed by atoms with Gasteiger partial charge >= 0.3 is 0 Å². The molecule has 2 heterocycles. The van der Waals surface area contributed by atoms with Gasteiger partial charge < -0.3 is 15.5 Å². The highest BCUT2D eigenvalue weighted by atomic mass is 127. The molecule has 1 aliphatic rings. The Morgan fingerprint density at radius 2 is 2.27 bits per heavy atom. The second kappa shape index (κ2) is 4.14. The molecule has 2 rings (SSSR count). The Hall–Kier alpha value is -1.16. The van der Waals surface area contributed by atoms with E-state index in [2.05, 4.69) is 23.8 Å². The summed E-state index contributed by atoms with van der Waals surface area (Å²) in [5.74, 6) is 0.554. The van der Waals surface area contributed by atoms with Crippen molar-refractivity contribution in [2.75, 3.05) is 22.0 Å². The van der Waals surface area contributed by atoms with Crippen LogP contribution in [0.1, 0.15) is 0 Å². The molecule has 15 heavy (non-hydrogen) atoms. The number of hydrogen-bond donors (Lipinski definition) is 4. The standard InChI is InChI=1S/C7H8IN5O2/c8-13-7-11-5-4(6(15)12-7)10-3(2-14)1-9-5/h14H,1-2H2,(H3,9,11,12,13,15). The number of aromatic hydroxyl groups is 1. The Bertz CT molecular complexity index is 422. The molecular formula is C7H8IN5O2. The molecule has 0 radical (unpaired) electrons. The van der Waals surface area contributed by atoms with Gasteiger partial charge in [0, 0.05) is 0 Å². The molecule has 0 amide bonds. The van der Waals surface area contributed by atoms with Crippen LogP contribution in [-0.4, -0.2) is 39.0 Å². The van der Waals surface area contributed by atoms with Crippen LogP contribution in [0.3, 0.4) is 0 Å². The first kappa shape index (κ1) is 10.4. The second-order valence-corrected chi connectivity index (χ2v) is 3.39. The fourth-order valence-corrected chi connectivity index (χ4v) is 1.43. The Labute approximate surface area is 99.2 Å². The van der Waals surface area contributed by atoms with E-state index in [-0.39, 0.29) is 18.2 Å². The van der Waals surface area contributed by atoms with E-state index >= 15 is 0 Å². The van der Waals surface area contributed by atoms with Crippen molar-refractivity contribution in [3.05, 3.63) is 0 Å². The molecule has 1 aliphatic heterocycles. The normalized spacial score (nSPS) is 13.9. The van der Waals surface area contributed by atoms with Crippen LogP contribution >= 0.6 is 22.9 Å². The van der Waals surface area contributed by atoms with Gasteiger partial charge in [0.2, 0.25) is 11.8 Å². The summed E-state index contributed by atoms with van der Waals surface area (Å²) in [5, 5.41) is 21.4. The molecule has 0 spiro atoms. The molecule has 4 N–H and O–H groups in total. The van der Waals surface area contributed by atoms with Crippen LogP contribution in [0.25, 0.3) is 0 Å². The smallest absolute Gasteiger partial charge is 0.244 e. The number of nitrogens with zero attached hydrogens (tertiary/aromatic N) is 3. The Morgan fingerprint density at radius 1 is 1.47 bits per heavy atom. The number of aliphatic hydroxyl groups excluding tert-OH is 1. The number of nitrogens with one attached hydrogen (secondary N) is 2. The Kier molecular flexibility index (Phi) is 2.86. The van der Waals surface area contributed by atoms with Crippen LogP contribution < -0.4 is 8.85 Å². The minimum absolute atomic E-state index is 0.155. The molecule has 1 aromatic heterocycles. The van der Waals surface area contributed by atoms with Crippen molar-refractivity contribution >= 4 is 46.0 Å². The summed E-state index contributed by atoms with van der Waals surface area (Å²) in [6.45, 7) is 0.263. The zero-order valence-electron chi connectivity index (χ0n) is 7.53. The van der Waals surface area contributed by atoms with Gasteiger partial charge in [0.15, 0.2) is 11.5 Å². The molecule has 0 aliphatic carbocycles. The van der Waals surface area contributed by atoms with Gasteiger partial charge in [-0.1, -0.05) is 0 Å². The third-order valence-electron chi connectivity index (χ3n) is 1.86. The van der Waals surface area contributed by atoms with E-state index < -0.39 is 0 Å². The van der Waals surface area contributed by atoms with Crippen LogP contribution in [0, 0.1) is 0 Å². The molecule has 0 fully saturated rings. The minimum Gasteiger partial charge on any atom is -0.492 e. The first-order valence-corrected chi connectivity index (χ1v) is 5.21. The molecule has 0 saturated carbocycles. The molecule has 0 aromatic carbocycles. The van der Waals surface area contributed by atoms with E-state index in [4.69, 9.17) is 5.11 Å². The van der Waals surface area contributed by atoms with E-state index in [1.807, 2.05) is 22.9 Å². The number of rotatable bonds is 2. The SMILES string of the molecule is OCC1=Nc2c(O)nc(NI)nc2NC1. The molecule has 0 bridgehead atoms. The van der Waals surface area contributed by atoms with Crippen molar-refractivity contribution in [2.45, 2.75) is 0 Å². The number of halogens is 1. The fourth-order valence-electron chi connectivity index (χ4n) is 1.19. The molecule has 0 unspecified atom stereocenters. The Balaban J connectivity index is 2.48. The summed E-state index contributed by atoms with van der Waals surface area (Å²) >= 11 is 1.87. The van der Waals surface area contributed by atoms with Gasteiger partial charge in [0.25, 0.3) is 0 Å². The molecule has 8 heteroatoms. The summed E-state index contributed by atoms with van der Waals surface area (Å²) in [4.78, 5) is 11.9. The fraction of sp³-hybridized carbons (Fsp3) is 0.286. The van der Waals surface area contributed by atoms with E-state index in [1.54, 1.807) is 0 Å². The summed E-state index contributed by atoms with van der Waals surface area (Å²) in [6, 6.07) is 0. The van der Waals surface area contributed by atoms with Gasteiger partial charge in [0.1, 0.15) is 0 Å². The van der Waals surface area contributed by atoms with Gasteiger partial charge in [-0.15, -0.1) is 0 Å². The average Bonchev–Trinajstić information content (AvgIpc) is 2.28. The lowest BCUT2D eigenvalue weighted by Gasteiger charge is -2.16. The maximum absolute atomic E-state index is 9.56. The molecule has 1 aromatic rings. The first-order chi connectivity index (χ1) is 7.24. The predicted octanol–water partition coefficient (Wildman–Crippen LogP) is 0.434. The van der Waals surface area contributed by atoms with Gasteiger partial charge in [-0.2, -0.15) is 9.97 Å². The van der Waals surface area contributed by atoms with Crippen LogP contribution in [0.2, 0.25) is 0 Å². The highest BCUT2D eigenvalue weighted by Gasteiger charge is 2.18. The second-order valence-electron chi connectivity index (χ2n) is 2.85. The monoisotopic (exact) mass is 321 g/mol. The molecule has 0 atom stereocenters. The van der Waals surface area contributed by atoms with Crippen LogP contribution in [0.15, 0.2) is 4.99 Å². The van der Waals surface area contributed by atoms with Crippen LogP contribution in [0.4, 0.5) is 17.5 Å². The maximum atomic E-state index is 9.56. The third-order valence-corrected chi connectivity index (χ3v) is 2.34. The lowest BCUT2D eigenvalue weighted by atomic mass is 10.3. The zero-order chi connectivity index (χ0) is 10.8. The largest absolute Gasteiger partial charge is 0.492 e. The number of aromatic nitrogens is 2. The number of aliphatic hydroxyl groups is 1. The summed E-state index contributed by atoms with van der Waals surface area (Å²) < 4.78 is 2.69. The molecule has 80 valence electrons. The lowest BCUT2D eigenvalue weighted by Crippen LogP contribution is -2.21. The topological polar surface area (TPSA) is 103 Å². The lowest BCUT2D eigenvalue weighted by molar-refractivity contribution is 0.356. The van der Waals surface area contributed by atoms with E-state index in [0.29, 0.717) is 24.0 Å². The third kappa shape index (κ3) is 1.95. The molecular weight excluding hydrogens is 313 g/mol. The summed E-state index contributed by atoms with van der Waals surface area (Å²) in [6.07, 6.45) is 0. The molecule has 7 nitrogen and oxygen atoms in total. The molecule has 0 saturated heterocycles. The van der Waals surface area contributed by atoms with Gasteiger partial charge in [-0.25, -0.2) is 4.99 Å². The van der Waals surface area contributed by atoms with Crippen molar-refractivity contribution < 1.29 is 10.2 Å². The summed E-state index contributed by atoms with van der Waals surface area (Å²) in [7, 11) is 0. The number of aliphatic imine (C=N–C) groups is 1. The van der Waals surface area contributed by atoms with Crippen molar-refractivity contribution in [1.29, 1.82) is 0 Å². The number of fused-ring (bicyclic) bond motifs is 1. The van der Waals surface area contributed by atoms with E-state index in [9.17, 15) is 5.11 Å². The summed E-state index contributed by atoms with van der Waals surface area (Å²) in [5.41, 5.74) is 0.803. The van der Waals surface area contributed by atoms with Crippen molar-refractivity contribution in [3.8, 4) is 5.88 Å². The highest BCUT2D eigenvalue weighted by molar-refractivity contribution is 14.1. The van der Waals surface area contributed by atoms with E-state index in [0.717, 1.165) is 0 Å². The minimum atomic E-state index is -0.211. The highest BCUT2D eigenvalue weighted by Crippen LogP contribution is 2.34. The van der Waals surface area contributed by atoms with Crippen molar-refractivity contribution in [3.63, 3.8) is 0 Å². The average molecular weight is 321 g/mol. The van der Waals surface area contributed by atoms with Gasteiger partial charge in [-0.05, 0) is 0 Å². The Morgan fingerprint density at radius 3 is 2.93 bits per heavy atom. The zero-order valence-corrected chi connectivity index (χ0v) is 9.69. The maximum Gasteiger partial charge on any atom is 0.244 e. The van der Waals surface area contributed by atoms with Crippen molar-refractivity contribution in [2.24, 2.45) is 4.99 Å².